The summed E-state index contributed by atoms with van der Waals surface area (Å²) >= 11 is 0. The Bertz CT molecular complexity index is 785. The molecule has 1 saturated heterocycles. The van der Waals surface area contributed by atoms with Crippen molar-refractivity contribution in [1.82, 2.24) is 9.88 Å². The fourth-order valence-corrected chi connectivity index (χ4v) is 3.13. The summed E-state index contributed by atoms with van der Waals surface area (Å²) in [5, 5.41) is 10.0. The molecule has 5 heteroatoms. The quantitative estimate of drug-likeness (QED) is 0.947. The smallest absolute Gasteiger partial charge is 0.253 e. The molecule has 0 radical (unpaired) electrons. The van der Waals surface area contributed by atoms with E-state index in [1.807, 2.05) is 0 Å². The molecule has 2 heterocycles. The zero-order valence-corrected chi connectivity index (χ0v) is 12.4. The first-order valence-corrected chi connectivity index (χ1v) is 7.66. The molecule has 2 aromatic rings. The fourth-order valence-electron chi connectivity index (χ4n) is 3.13. The topological polar surface area (TPSA) is 59.9 Å². The van der Waals surface area contributed by atoms with Crippen LogP contribution in [-0.2, 0) is 6.42 Å². The molecule has 0 spiro atoms. The van der Waals surface area contributed by atoms with Gasteiger partial charge in [0.15, 0.2) is 0 Å². The van der Waals surface area contributed by atoms with E-state index in [4.69, 9.17) is 0 Å². The van der Waals surface area contributed by atoms with Crippen LogP contribution in [0.5, 0.6) is 0 Å². The molecule has 0 unspecified atom stereocenters. The molecule has 1 aliphatic rings. The first-order chi connectivity index (χ1) is 10.7. The summed E-state index contributed by atoms with van der Waals surface area (Å²) in [6, 6.07) is 6.26. The third-order valence-corrected chi connectivity index (χ3v) is 4.31. The molecular formula is C17H18FN3O. The van der Waals surface area contributed by atoms with Crippen molar-refractivity contribution >= 4 is 10.9 Å². The van der Waals surface area contributed by atoms with Gasteiger partial charge in [0.25, 0.3) is 5.56 Å². The van der Waals surface area contributed by atoms with Gasteiger partial charge in [-0.2, -0.15) is 5.26 Å². The normalized spacial score (nSPS) is 15.8. The van der Waals surface area contributed by atoms with Crippen molar-refractivity contribution in [2.75, 3.05) is 19.6 Å². The lowest BCUT2D eigenvalue weighted by molar-refractivity contribution is 0.231. The van der Waals surface area contributed by atoms with Crippen LogP contribution in [0, 0.1) is 17.1 Å². The summed E-state index contributed by atoms with van der Waals surface area (Å²) in [4.78, 5) is 17.3. The van der Waals surface area contributed by atoms with Crippen LogP contribution in [0.25, 0.3) is 10.9 Å². The minimum Gasteiger partial charge on any atom is -0.322 e. The number of hydrogen-bond acceptors (Lipinski definition) is 3. The number of benzene rings is 1. The minimum atomic E-state index is -0.423. The average Bonchev–Trinajstić information content (AvgIpc) is 2.53. The Morgan fingerprint density at radius 3 is 2.77 bits per heavy atom. The summed E-state index contributed by atoms with van der Waals surface area (Å²) in [6.07, 6.45) is 4.20. The van der Waals surface area contributed by atoms with Crippen LogP contribution < -0.4 is 5.56 Å². The predicted octanol–water partition coefficient (Wildman–Crippen LogP) is 2.57. The number of nitriles is 1. The van der Waals surface area contributed by atoms with E-state index in [2.05, 4.69) is 16.0 Å². The molecule has 1 fully saturated rings. The molecule has 22 heavy (non-hydrogen) atoms. The number of halogens is 1. The number of piperidine rings is 1. The Morgan fingerprint density at radius 2 is 2.05 bits per heavy atom. The van der Waals surface area contributed by atoms with E-state index in [1.54, 1.807) is 6.07 Å². The van der Waals surface area contributed by atoms with Gasteiger partial charge in [-0.1, -0.05) is 6.42 Å². The summed E-state index contributed by atoms with van der Waals surface area (Å²) < 4.78 is 13.3. The number of pyridine rings is 1. The maximum Gasteiger partial charge on any atom is 0.253 e. The molecule has 1 aromatic heterocycles. The number of hydrogen-bond donors (Lipinski definition) is 1. The van der Waals surface area contributed by atoms with Gasteiger partial charge in [0.1, 0.15) is 11.9 Å². The zero-order valence-electron chi connectivity index (χ0n) is 12.4. The summed E-state index contributed by atoms with van der Waals surface area (Å²) in [7, 11) is 0. The van der Waals surface area contributed by atoms with Gasteiger partial charge in [-0.15, -0.1) is 0 Å². The number of aromatic nitrogens is 1. The maximum absolute atomic E-state index is 13.3. The minimum absolute atomic E-state index is 0.286. The van der Waals surface area contributed by atoms with Gasteiger partial charge >= 0.3 is 0 Å². The van der Waals surface area contributed by atoms with Crippen molar-refractivity contribution < 1.29 is 4.39 Å². The van der Waals surface area contributed by atoms with E-state index in [-0.39, 0.29) is 5.56 Å². The van der Waals surface area contributed by atoms with Crippen molar-refractivity contribution in [3.63, 3.8) is 0 Å². The summed E-state index contributed by atoms with van der Waals surface area (Å²) in [6.45, 7) is 2.89. The average molecular weight is 299 g/mol. The molecule has 0 amide bonds. The highest BCUT2D eigenvalue weighted by molar-refractivity contribution is 5.85. The second-order valence-corrected chi connectivity index (χ2v) is 5.76. The Balaban J connectivity index is 1.94. The zero-order chi connectivity index (χ0) is 15.5. The van der Waals surface area contributed by atoms with Crippen LogP contribution in [0.2, 0.25) is 0 Å². The van der Waals surface area contributed by atoms with Crippen LogP contribution in [-0.4, -0.2) is 29.5 Å². The van der Waals surface area contributed by atoms with Crippen molar-refractivity contribution in [2.24, 2.45) is 0 Å². The Morgan fingerprint density at radius 1 is 1.27 bits per heavy atom. The van der Waals surface area contributed by atoms with Crippen molar-refractivity contribution in [3.05, 3.63) is 45.5 Å². The number of nitrogens with zero attached hydrogens (tertiary/aromatic N) is 2. The van der Waals surface area contributed by atoms with E-state index in [0.29, 0.717) is 28.5 Å². The Kier molecular flexibility index (Phi) is 4.21. The number of nitrogens with one attached hydrogen (secondary N) is 1. The van der Waals surface area contributed by atoms with Gasteiger partial charge in [0, 0.05) is 17.5 Å². The number of likely N-dealkylation sites (tertiary alicyclic amines) is 1. The second-order valence-electron chi connectivity index (χ2n) is 5.76. The summed E-state index contributed by atoms with van der Waals surface area (Å²) in [5.74, 6) is -0.423. The van der Waals surface area contributed by atoms with Crippen molar-refractivity contribution in [2.45, 2.75) is 25.7 Å². The van der Waals surface area contributed by atoms with E-state index in [0.717, 1.165) is 19.6 Å². The van der Waals surface area contributed by atoms with E-state index in [9.17, 15) is 14.4 Å². The Hall–Kier alpha value is -2.19. The molecule has 3 rings (SSSR count). The summed E-state index contributed by atoms with van der Waals surface area (Å²) in [5.41, 5.74) is 0.970. The molecular weight excluding hydrogens is 281 g/mol. The monoisotopic (exact) mass is 299 g/mol. The third kappa shape index (κ3) is 2.88. The van der Waals surface area contributed by atoms with Crippen LogP contribution in [0.15, 0.2) is 23.0 Å². The molecule has 1 N–H and O–H groups in total. The van der Waals surface area contributed by atoms with Crippen molar-refractivity contribution in [1.29, 1.82) is 5.26 Å². The largest absolute Gasteiger partial charge is 0.322 e. The third-order valence-electron chi connectivity index (χ3n) is 4.31. The first kappa shape index (κ1) is 14.7. The van der Waals surface area contributed by atoms with Gasteiger partial charge in [0.2, 0.25) is 0 Å². The van der Waals surface area contributed by atoms with Gasteiger partial charge in [-0.05, 0) is 50.6 Å². The van der Waals surface area contributed by atoms with Gasteiger partial charge in [-0.25, -0.2) is 4.39 Å². The predicted molar refractivity (Wildman–Crippen MR) is 83.2 cm³/mol. The van der Waals surface area contributed by atoms with Gasteiger partial charge < -0.3 is 9.88 Å². The molecule has 1 aliphatic heterocycles. The molecule has 114 valence electrons. The highest BCUT2D eigenvalue weighted by Gasteiger charge is 2.15. The lowest BCUT2D eigenvalue weighted by atomic mass is 10.0. The standard InChI is InChI=1S/C17H18FN3O/c18-12-4-5-13-15(11-19)14(17(22)20-16(13)10-12)6-9-21-7-2-1-3-8-21/h4-5,10H,1-3,6-9H2,(H,20,22). The van der Waals surface area contributed by atoms with Crippen LogP contribution in [0.4, 0.5) is 4.39 Å². The lowest BCUT2D eigenvalue weighted by Gasteiger charge is -2.26. The number of H-pyrrole nitrogens is 1. The lowest BCUT2D eigenvalue weighted by Crippen LogP contribution is -2.32. The van der Waals surface area contributed by atoms with Crippen LogP contribution in [0.3, 0.4) is 0 Å². The first-order valence-electron chi connectivity index (χ1n) is 7.66. The fraction of sp³-hybridized carbons (Fsp3) is 0.412. The van der Waals surface area contributed by atoms with E-state index < -0.39 is 5.82 Å². The van der Waals surface area contributed by atoms with Gasteiger partial charge in [0.05, 0.1) is 11.1 Å². The molecule has 0 bridgehead atoms. The van der Waals surface area contributed by atoms with Gasteiger partial charge in [-0.3, -0.25) is 4.79 Å². The Labute approximate surface area is 128 Å². The molecule has 0 saturated carbocycles. The molecule has 0 atom stereocenters. The highest BCUT2D eigenvalue weighted by atomic mass is 19.1. The van der Waals surface area contributed by atoms with Crippen LogP contribution in [0.1, 0.15) is 30.4 Å². The van der Waals surface area contributed by atoms with E-state index in [1.165, 1.54) is 31.4 Å². The number of fused-ring (bicyclic) bond motifs is 1. The SMILES string of the molecule is N#Cc1c(CCN2CCCCC2)c(=O)[nH]c2cc(F)ccc12. The number of aromatic amines is 1. The number of rotatable bonds is 3. The van der Waals surface area contributed by atoms with E-state index >= 15 is 0 Å². The molecule has 0 aliphatic carbocycles. The highest BCUT2D eigenvalue weighted by Crippen LogP contribution is 2.19. The van der Waals surface area contributed by atoms with Crippen molar-refractivity contribution in [3.8, 4) is 6.07 Å². The molecule has 1 aromatic carbocycles. The molecule has 4 nitrogen and oxygen atoms in total. The second kappa shape index (κ2) is 6.29. The maximum atomic E-state index is 13.3. The van der Waals surface area contributed by atoms with Crippen LogP contribution >= 0.6 is 0 Å².